The summed E-state index contributed by atoms with van der Waals surface area (Å²) in [6.45, 7) is 0.334. The summed E-state index contributed by atoms with van der Waals surface area (Å²) >= 11 is 0. The lowest BCUT2D eigenvalue weighted by Gasteiger charge is -2.11. The van der Waals surface area contributed by atoms with Gasteiger partial charge >= 0.3 is 0 Å². The lowest BCUT2D eigenvalue weighted by Crippen LogP contribution is -2.09. The van der Waals surface area contributed by atoms with E-state index in [1.54, 1.807) is 24.9 Å². The van der Waals surface area contributed by atoms with E-state index in [0.717, 1.165) is 11.1 Å². The first kappa shape index (κ1) is 18.7. The van der Waals surface area contributed by atoms with E-state index in [4.69, 9.17) is 9.47 Å². The number of ether oxygens (including phenoxy) is 2. The number of aromatic nitrogens is 4. The van der Waals surface area contributed by atoms with Crippen LogP contribution < -0.4 is 14.8 Å². The van der Waals surface area contributed by atoms with Gasteiger partial charge in [0, 0.05) is 23.9 Å². The fraction of sp³-hybridized carbons (Fsp3) is 0.190. The molecule has 2 N–H and O–H groups in total. The highest BCUT2D eigenvalue weighted by molar-refractivity contribution is 5.61. The molecule has 0 saturated carbocycles. The van der Waals surface area contributed by atoms with Gasteiger partial charge in [-0.15, -0.1) is 5.10 Å². The smallest absolute Gasteiger partial charge is 0.226 e. The lowest BCUT2D eigenvalue weighted by atomic mass is 10.2. The van der Waals surface area contributed by atoms with E-state index in [9.17, 15) is 5.11 Å². The topological polar surface area (TPSA) is 93.8 Å². The highest BCUT2D eigenvalue weighted by Gasteiger charge is 2.14. The maximum absolute atomic E-state index is 9.65. The molecular weight excluding hydrogens is 370 g/mol. The maximum atomic E-state index is 9.65. The first-order valence-electron chi connectivity index (χ1n) is 9.09. The Morgan fingerprint density at radius 1 is 1.03 bits per heavy atom. The van der Waals surface area contributed by atoms with Crippen molar-refractivity contribution in [3.63, 3.8) is 0 Å². The number of hydrogen-bond donors (Lipinski definition) is 2. The number of anilines is 1. The van der Waals surface area contributed by atoms with Gasteiger partial charge in [-0.1, -0.05) is 36.4 Å². The third-order valence-corrected chi connectivity index (χ3v) is 4.54. The molecule has 29 heavy (non-hydrogen) atoms. The number of nitrogens with zero attached hydrogens (tertiary/aromatic N) is 4. The van der Waals surface area contributed by atoms with Crippen molar-refractivity contribution in [2.24, 2.45) is 0 Å². The number of nitrogens with one attached hydrogen (secondary N) is 1. The molecule has 0 aliphatic carbocycles. The van der Waals surface area contributed by atoms with Gasteiger partial charge in [0.05, 0.1) is 20.8 Å². The number of aliphatic hydroxyl groups is 1. The molecule has 0 spiro atoms. The zero-order valence-electron chi connectivity index (χ0n) is 16.2. The van der Waals surface area contributed by atoms with Crippen LogP contribution in [0.25, 0.3) is 17.0 Å². The Labute approximate surface area is 167 Å². The predicted octanol–water partition coefficient (Wildman–Crippen LogP) is 2.91. The van der Waals surface area contributed by atoms with Crippen LogP contribution in [0.1, 0.15) is 11.1 Å². The van der Waals surface area contributed by atoms with Gasteiger partial charge in [-0.2, -0.15) is 4.52 Å². The number of rotatable bonds is 7. The molecule has 8 heteroatoms. The molecule has 8 nitrogen and oxygen atoms in total. The second-order valence-corrected chi connectivity index (χ2v) is 6.34. The summed E-state index contributed by atoms with van der Waals surface area (Å²) in [6, 6.07) is 15.4. The molecule has 2 heterocycles. The molecule has 0 aliphatic rings. The fourth-order valence-electron chi connectivity index (χ4n) is 3.03. The van der Waals surface area contributed by atoms with E-state index in [1.165, 1.54) is 0 Å². The first-order chi connectivity index (χ1) is 14.2. The minimum atomic E-state index is -0.167. The number of fused-ring (bicyclic) bond motifs is 1. The van der Waals surface area contributed by atoms with Crippen LogP contribution >= 0.6 is 0 Å². The van der Waals surface area contributed by atoms with Crippen molar-refractivity contribution < 1.29 is 14.6 Å². The molecule has 4 aromatic rings. The third-order valence-electron chi connectivity index (χ3n) is 4.54. The molecule has 0 atom stereocenters. The van der Waals surface area contributed by atoms with Gasteiger partial charge in [-0.05, 0) is 17.7 Å². The average molecular weight is 391 g/mol. The molecule has 2 aromatic carbocycles. The van der Waals surface area contributed by atoms with Crippen molar-refractivity contribution >= 4 is 11.6 Å². The summed E-state index contributed by atoms with van der Waals surface area (Å²) < 4.78 is 12.3. The number of methoxy groups -OCH3 is 2. The van der Waals surface area contributed by atoms with E-state index >= 15 is 0 Å². The summed E-state index contributed by atoms with van der Waals surface area (Å²) in [5.74, 6) is 2.43. The second kappa shape index (κ2) is 8.15. The summed E-state index contributed by atoms with van der Waals surface area (Å²) in [4.78, 5) is 9.00. The molecule has 0 radical (unpaired) electrons. The van der Waals surface area contributed by atoms with Gasteiger partial charge in [0.2, 0.25) is 5.95 Å². The zero-order chi connectivity index (χ0) is 20.2. The molecule has 0 bridgehead atoms. The molecule has 4 rings (SSSR count). The van der Waals surface area contributed by atoms with Crippen molar-refractivity contribution in [2.75, 3.05) is 19.5 Å². The van der Waals surface area contributed by atoms with Crippen LogP contribution in [0.2, 0.25) is 0 Å². The van der Waals surface area contributed by atoms with Crippen molar-refractivity contribution in [3.05, 3.63) is 65.9 Å². The highest BCUT2D eigenvalue weighted by atomic mass is 16.5. The molecule has 0 saturated heterocycles. The highest BCUT2D eigenvalue weighted by Crippen LogP contribution is 2.28. The number of hydrogen-bond acceptors (Lipinski definition) is 7. The molecule has 0 aliphatic heterocycles. The molecule has 148 valence electrons. The second-order valence-electron chi connectivity index (χ2n) is 6.34. The zero-order valence-corrected chi connectivity index (χ0v) is 16.2. The fourth-order valence-corrected chi connectivity index (χ4v) is 3.03. The summed E-state index contributed by atoms with van der Waals surface area (Å²) in [7, 11) is 3.21. The lowest BCUT2D eigenvalue weighted by molar-refractivity contribution is 0.282. The van der Waals surface area contributed by atoms with E-state index in [2.05, 4.69) is 20.4 Å². The standard InChI is InChI=1S/C21H21N5O3/c1-28-17-9-8-14(10-18(17)29-2)11-22-21-23-12-16(13-27)20-24-19(25-26(20)21)15-6-4-3-5-7-15/h3-10,12,27H,11,13H2,1-2H3,(H,22,23). The minimum Gasteiger partial charge on any atom is -0.493 e. The van der Waals surface area contributed by atoms with Crippen molar-refractivity contribution in [3.8, 4) is 22.9 Å². The van der Waals surface area contributed by atoms with Gasteiger partial charge < -0.3 is 19.9 Å². The molecule has 0 unspecified atom stereocenters. The normalized spacial score (nSPS) is 10.9. The predicted molar refractivity (Wildman–Crippen MR) is 109 cm³/mol. The van der Waals surface area contributed by atoms with Crippen LogP contribution in [-0.4, -0.2) is 38.9 Å². The first-order valence-corrected chi connectivity index (χ1v) is 9.09. The quantitative estimate of drug-likeness (QED) is 0.500. The van der Waals surface area contributed by atoms with Gasteiger partial charge in [0.15, 0.2) is 23.0 Å². The van der Waals surface area contributed by atoms with E-state index < -0.39 is 0 Å². The monoisotopic (exact) mass is 391 g/mol. The van der Waals surface area contributed by atoms with Crippen LogP contribution in [-0.2, 0) is 13.2 Å². The van der Waals surface area contributed by atoms with Gasteiger partial charge in [0.1, 0.15) is 0 Å². The van der Waals surface area contributed by atoms with Gasteiger partial charge in [-0.25, -0.2) is 9.97 Å². The van der Waals surface area contributed by atoms with Crippen LogP contribution in [0.4, 0.5) is 5.95 Å². The Morgan fingerprint density at radius 3 is 2.55 bits per heavy atom. The van der Waals surface area contributed by atoms with Crippen LogP contribution in [0.5, 0.6) is 11.5 Å². The largest absolute Gasteiger partial charge is 0.493 e. The minimum absolute atomic E-state index is 0.167. The van der Waals surface area contributed by atoms with Crippen LogP contribution in [0, 0.1) is 0 Å². The van der Waals surface area contributed by atoms with Gasteiger partial charge in [0.25, 0.3) is 0 Å². The summed E-state index contributed by atoms with van der Waals surface area (Å²) in [6.07, 6.45) is 1.61. The SMILES string of the molecule is COc1ccc(CNc2ncc(CO)c3nc(-c4ccccc4)nn23)cc1OC. The Balaban J connectivity index is 1.66. The molecule has 2 aromatic heterocycles. The maximum Gasteiger partial charge on any atom is 0.226 e. The molecular formula is C21H21N5O3. The third kappa shape index (κ3) is 3.70. The van der Waals surface area contributed by atoms with Gasteiger partial charge in [-0.3, -0.25) is 0 Å². The number of aliphatic hydroxyl groups excluding tert-OH is 1. The Kier molecular flexibility index (Phi) is 5.26. The molecule has 0 fully saturated rings. The Morgan fingerprint density at radius 2 is 1.83 bits per heavy atom. The summed E-state index contributed by atoms with van der Waals surface area (Å²) in [5.41, 5.74) is 3.06. The van der Waals surface area contributed by atoms with E-state index in [0.29, 0.717) is 41.0 Å². The van der Waals surface area contributed by atoms with Crippen LogP contribution in [0.3, 0.4) is 0 Å². The van der Waals surface area contributed by atoms with E-state index in [-0.39, 0.29) is 6.61 Å². The van der Waals surface area contributed by atoms with E-state index in [1.807, 2.05) is 48.5 Å². The van der Waals surface area contributed by atoms with Crippen LogP contribution in [0.15, 0.2) is 54.7 Å². The Bertz CT molecular complexity index is 1130. The average Bonchev–Trinajstić information content (AvgIpc) is 3.23. The summed E-state index contributed by atoms with van der Waals surface area (Å²) in [5, 5.41) is 17.5. The molecule has 0 amide bonds. The Hall–Kier alpha value is -3.65. The van der Waals surface area contributed by atoms with Crippen molar-refractivity contribution in [1.29, 1.82) is 0 Å². The van der Waals surface area contributed by atoms with Crippen molar-refractivity contribution in [1.82, 2.24) is 19.6 Å². The van der Waals surface area contributed by atoms with Crippen molar-refractivity contribution in [2.45, 2.75) is 13.2 Å². The number of benzene rings is 2.